The number of benzene rings is 1. The van der Waals surface area contributed by atoms with Crippen LogP contribution in [0.1, 0.15) is 38.8 Å². The van der Waals surface area contributed by atoms with Crippen molar-refractivity contribution in [2.24, 2.45) is 0 Å². The van der Waals surface area contributed by atoms with Gasteiger partial charge in [-0.2, -0.15) is 0 Å². The Hall–Kier alpha value is -2.69. The quantitative estimate of drug-likeness (QED) is 0.792. The average Bonchev–Trinajstić information content (AvgIpc) is 2.54. The third-order valence-corrected chi connectivity index (χ3v) is 3.38. The molecule has 1 aliphatic rings. The summed E-state index contributed by atoms with van der Waals surface area (Å²) in [5.41, 5.74) is 1.68. The molecule has 1 unspecified atom stereocenters. The minimum atomic E-state index is -0.440. The lowest BCUT2D eigenvalue weighted by Crippen LogP contribution is -2.21. The second-order valence-corrected chi connectivity index (χ2v) is 4.71. The largest absolute Gasteiger partial charge is 0.468 e. The number of methoxy groups -OCH3 is 1. The van der Waals surface area contributed by atoms with Gasteiger partial charge in [-0.3, -0.25) is 4.79 Å². The average molecular weight is 283 g/mol. The molecule has 5 nitrogen and oxygen atoms in total. The van der Waals surface area contributed by atoms with E-state index in [2.05, 4.69) is 4.98 Å². The lowest BCUT2D eigenvalue weighted by atomic mass is 9.97. The fourth-order valence-electron chi connectivity index (χ4n) is 2.32. The molecule has 2 aromatic rings. The summed E-state index contributed by atoms with van der Waals surface area (Å²) >= 11 is 0. The van der Waals surface area contributed by atoms with Crippen LogP contribution in [0.4, 0.5) is 0 Å². The molecule has 1 atom stereocenters. The van der Waals surface area contributed by atoms with Crippen molar-refractivity contribution in [2.45, 2.75) is 12.5 Å². The Balaban J connectivity index is 1.93. The zero-order chi connectivity index (χ0) is 14.8. The van der Waals surface area contributed by atoms with Gasteiger partial charge >= 0.3 is 5.97 Å². The first-order valence-electron chi connectivity index (χ1n) is 6.52. The van der Waals surface area contributed by atoms with Crippen LogP contribution in [-0.2, 0) is 4.74 Å². The van der Waals surface area contributed by atoms with Gasteiger partial charge in [0.25, 0.3) is 0 Å². The number of ether oxygens (including phenoxy) is 2. The van der Waals surface area contributed by atoms with E-state index in [0.717, 1.165) is 5.56 Å². The van der Waals surface area contributed by atoms with Crippen molar-refractivity contribution in [3.63, 3.8) is 0 Å². The van der Waals surface area contributed by atoms with Crippen LogP contribution < -0.4 is 4.74 Å². The Labute approximate surface area is 121 Å². The molecule has 106 valence electrons. The van der Waals surface area contributed by atoms with E-state index in [1.807, 2.05) is 6.07 Å². The van der Waals surface area contributed by atoms with E-state index in [4.69, 9.17) is 9.47 Å². The molecule has 0 spiro atoms. The van der Waals surface area contributed by atoms with Gasteiger partial charge in [0.2, 0.25) is 5.88 Å². The normalized spacial score (nSPS) is 16.8. The predicted octanol–water partition coefficient (Wildman–Crippen LogP) is 2.57. The zero-order valence-corrected chi connectivity index (χ0v) is 11.4. The minimum absolute atomic E-state index is 0.0159. The Bertz CT molecular complexity index is 711. The number of hydrogen-bond donors (Lipinski definition) is 0. The lowest BCUT2D eigenvalue weighted by molar-refractivity contribution is 0.0600. The molecule has 0 N–H and O–H groups in total. The number of aromatic nitrogens is 1. The second kappa shape index (κ2) is 5.36. The first kappa shape index (κ1) is 13.3. The monoisotopic (exact) mass is 283 g/mol. The molecule has 0 aliphatic carbocycles. The van der Waals surface area contributed by atoms with Gasteiger partial charge in [0.15, 0.2) is 5.78 Å². The van der Waals surface area contributed by atoms with E-state index in [9.17, 15) is 9.59 Å². The van der Waals surface area contributed by atoms with Crippen LogP contribution in [0, 0.1) is 0 Å². The number of hydrogen-bond acceptors (Lipinski definition) is 5. The molecule has 5 heteroatoms. The van der Waals surface area contributed by atoms with E-state index in [1.165, 1.54) is 7.11 Å². The number of nitrogens with zero attached hydrogens (tertiary/aromatic N) is 1. The number of fused-ring (bicyclic) bond motifs is 1. The second-order valence-electron chi connectivity index (χ2n) is 4.71. The third-order valence-electron chi connectivity index (χ3n) is 3.38. The molecular formula is C16H13NO4. The van der Waals surface area contributed by atoms with Crippen LogP contribution in [-0.4, -0.2) is 23.8 Å². The topological polar surface area (TPSA) is 65.5 Å². The Kier molecular flexibility index (Phi) is 3.39. The standard InChI is InChI=1S/C16H13NO4/c1-20-16(19)11-5-2-4-10(8-11)14-9-13(18)12-6-3-7-17-15(12)21-14/h2-8,14H,9H2,1H3. The van der Waals surface area contributed by atoms with Gasteiger partial charge in [-0.15, -0.1) is 0 Å². The van der Waals surface area contributed by atoms with Crippen LogP contribution >= 0.6 is 0 Å². The maximum absolute atomic E-state index is 12.1. The van der Waals surface area contributed by atoms with Crippen molar-refractivity contribution < 1.29 is 19.1 Å². The highest BCUT2D eigenvalue weighted by molar-refractivity contribution is 5.99. The molecule has 21 heavy (non-hydrogen) atoms. The SMILES string of the molecule is COC(=O)c1cccc(C2CC(=O)c3cccnc3O2)c1. The van der Waals surface area contributed by atoms with Gasteiger partial charge in [0, 0.05) is 6.20 Å². The highest BCUT2D eigenvalue weighted by atomic mass is 16.5. The molecular weight excluding hydrogens is 270 g/mol. The minimum Gasteiger partial charge on any atom is -0.468 e. The Morgan fingerprint density at radius 3 is 3.00 bits per heavy atom. The molecule has 0 radical (unpaired) electrons. The van der Waals surface area contributed by atoms with Crippen LogP contribution in [0.15, 0.2) is 42.6 Å². The summed E-state index contributed by atoms with van der Waals surface area (Å²) in [5, 5.41) is 0. The number of Topliss-reactive ketones (excluding diaryl/α,β-unsaturated/α-hetero) is 1. The third kappa shape index (κ3) is 2.50. The molecule has 0 bridgehead atoms. The van der Waals surface area contributed by atoms with E-state index >= 15 is 0 Å². The molecule has 0 fully saturated rings. The number of carbonyl (C=O) groups is 2. The number of carbonyl (C=O) groups excluding carboxylic acids is 2. The van der Waals surface area contributed by atoms with Gasteiger partial charge in [-0.05, 0) is 29.8 Å². The molecule has 0 amide bonds. The van der Waals surface area contributed by atoms with E-state index in [1.54, 1.807) is 36.5 Å². The summed E-state index contributed by atoms with van der Waals surface area (Å²) in [6, 6.07) is 10.3. The van der Waals surface area contributed by atoms with E-state index < -0.39 is 12.1 Å². The van der Waals surface area contributed by atoms with Gasteiger partial charge in [-0.1, -0.05) is 12.1 Å². The summed E-state index contributed by atoms with van der Waals surface area (Å²) in [7, 11) is 1.33. The van der Waals surface area contributed by atoms with Crippen LogP contribution in [0.5, 0.6) is 5.88 Å². The van der Waals surface area contributed by atoms with Crippen molar-refractivity contribution >= 4 is 11.8 Å². The summed E-state index contributed by atoms with van der Waals surface area (Å²) in [4.78, 5) is 27.8. The fraction of sp³-hybridized carbons (Fsp3) is 0.188. The Morgan fingerprint density at radius 2 is 2.19 bits per heavy atom. The molecule has 2 heterocycles. The Morgan fingerprint density at radius 1 is 1.33 bits per heavy atom. The van der Waals surface area contributed by atoms with Crippen molar-refractivity contribution in [2.75, 3.05) is 7.11 Å². The number of rotatable bonds is 2. The van der Waals surface area contributed by atoms with Gasteiger partial charge in [-0.25, -0.2) is 9.78 Å². The van der Waals surface area contributed by atoms with Crippen molar-refractivity contribution in [1.82, 2.24) is 4.98 Å². The van der Waals surface area contributed by atoms with Gasteiger partial charge in [0.1, 0.15) is 6.10 Å². The first-order chi connectivity index (χ1) is 10.2. The van der Waals surface area contributed by atoms with Crippen molar-refractivity contribution in [3.05, 3.63) is 59.3 Å². The van der Waals surface area contributed by atoms with Crippen LogP contribution in [0.3, 0.4) is 0 Å². The van der Waals surface area contributed by atoms with Gasteiger partial charge in [0.05, 0.1) is 24.7 Å². The van der Waals surface area contributed by atoms with Crippen molar-refractivity contribution in [3.8, 4) is 5.88 Å². The van der Waals surface area contributed by atoms with E-state index in [0.29, 0.717) is 17.0 Å². The highest BCUT2D eigenvalue weighted by Gasteiger charge is 2.28. The summed E-state index contributed by atoms with van der Waals surface area (Å²) < 4.78 is 10.5. The predicted molar refractivity (Wildman–Crippen MR) is 74.3 cm³/mol. The summed E-state index contributed by atoms with van der Waals surface area (Å²) in [5.74, 6) is -0.0995. The van der Waals surface area contributed by atoms with Crippen LogP contribution in [0.25, 0.3) is 0 Å². The first-order valence-corrected chi connectivity index (χ1v) is 6.52. The van der Waals surface area contributed by atoms with E-state index in [-0.39, 0.29) is 12.2 Å². The molecule has 1 aromatic carbocycles. The smallest absolute Gasteiger partial charge is 0.337 e. The molecule has 0 saturated carbocycles. The number of ketones is 1. The van der Waals surface area contributed by atoms with Gasteiger partial charge < -0.3 is 9.47 Å². The molecule has 1 aromatic heterocycles. The zero-order valence-electron chi connectivity index (χ0n) is 11.4. The molecule has 3 rings (SSSR count). The van der Waals surface area contributed by atoms with Crippen molar-refractivity contribution in [1.29, 1.82) is 0 Å². The summed E-state index contributed by atoms with van der Waals surface area (Å²) in [6.45, 7) is 0. The molecule has 1 aliphatic heterocycles. The molecule has 0 saturated heterocycles. The maximum atomic E-state index is 12.1. The van der Waals surface area contributed by atoms with Crippen LogP contribution in [0.2, 0.25) is 0 Å². The number of pyridine rings is 1. The summed E-state index contributed by atoms with van der Waals surface area (Å²) in [6.07, 6.45) is 1.37. The fourth-order valence-corrected chi connectivity index (χ4v) is 2.32. The maximum Gasteiger partial charge on any atom is 0.337 e. The highest BCUT2D eigenvalue weighted by Crippen LogP contribution is 2.33. The lowest BCUT2D eigenvalue weighted by Gasteiger charge is -2.24. The number of esters is 1.